The first-order chi connectivity index (χ1) is 12.6. The van der Waals surface area contributed by atoms with Gasteiger partial charge < -0.3 is 15.2 Å². The van der Waals surface area contributed by atoms with Crippen molar-refractivity contribution in [3.05, 3.63) is 11.7 Å². The lowest BCUT2D eigenvalue weighted by atomic mass is 9.89. The van der Waals surface area contributed by atoms with Crippen LogP contribution in [0.4, 0.5) is 0 Å². The Labute approximate surface area is 154 Å². The van der Waals surface area contributed by atoms with Gasteiger partial charge in [-0.3, -0.25) is 9.59 Å². The molecule has 2 saturated carbocycles. The minimum absolute atomic E-state index is 0.0442. The largest absolute Gasteiger partial charge is 0.353 e. The SMILES string of the molecule is CC(=O)NC1(c2noc(CCC(=O)NC3CCCC3)n2)CCCCCC1. The Morgan fingerprint density at radius 3 is 2.46 bits per heavy atom. The number of carbonyl (C=O) groups is 2. The maximum absolute atomic E-state index is 12.1. The van der Waals surface area contributed by atoms with Gasteiger partial charge in [0, 0.05) is 25.8 Å². The minimum Gasteiger partial charge on any atom is -0.353 e. The third-order valence-corrected chi connectivity index (χ3v) is 5.55. The first-order valence-electron chi connectivity index (χ1n) is 9.99. The molecule has 0 spiro atoms. The lowest BCUT2D eigenvalue weighted by molar-refractivity contribution is -0.122. The Balaban J connectivity index is 1.60. The van der Waals surface area contributed by atoms with E-state index in [0.717, 1.165) is 51.4 Å². The van der Waals surface area contributed by atoms with E-state index in [2.05, 4.69) is 20.8 Å². The molecule has 1 aromatic rings. The highest BCUT2D eigenvalue weighted by Crippen LogP contribution is 2.34. The maximum atomic E-state index is 12.1. The van der Waals surface area contributed by atoms with E-state index in [0.29, 0.717) is 30.6 Å². The van der Waals surface area contributed by atoms with Gasteiger partial charge in [0.15, 0.2) is 5.82 Å². The molecule has 26 heavy (non-hydrogen) atoms. The molecule has 0 atom stereocenters. The summed E-state index contributed by atoms with van der Waals surface area (Å²) in [4.78, 5) is 28.3. The number of aromatic nitrogens is 2. The lowest BCUT2D eigenvalue weighted by Gasteiger charge is -2.30. The van der Waals surface area contributed by atoms with Crippen LogP contribution in [0.15, 0.2) is 4.52 Å². The van der Waals surface area contributed by atoms with Crippen molar-refractivity contribution in [2.75, 3.05) is 0 Å². The van der Waals surface area contributed by atoms with Crippen molar-refractivity contribution in [2.24, 2.45) is 0 Å². The molecule has 0 bridgehead atoms. The summed E-state index contributed by atoms with van der Waals surface area (Å²) >= 11 is 0. The molecule has 2 N–H and O–H groups in total. The molecule has 2 fully saturated rings. The molecular formula is C19H30N4O3. The Hall–Kier alpha value is -1.92. The highest BCUT2D eigenvalue weighted by molar-refractivity contribution is 5.76. The Kier molecular flexibility index (Phi) is 6.27. The molecule has 0 radical (unpaired) electrons. The van der Waals surface area contributed by atoms with Crippen LogP contribution in [-0.4, -0.2) is 28.0 Å². The minimum atomic E-state index is -0.532. The van der Waals surface area contributed by atoms with Crippen molar-refractivity contribution in [3.8, 4) is 0 Å². The van der Waals surface area contributed by atoms with Gasteiger partial charge in [0.2, 0.25) is 17.7 Å². The van der Waals surface area contributed by atoms with Crippen LogP contribution in [0, 0.1) is 0 Å². The zero-order chi connectivity index (χ0) is 18.4. The first kappa shape index (κ1) is 18.9. The van der Waals surface area contributed by atoms with E-state index in [1.165, 1.54) is 19.8 Å². The molecule has 0 aromatic carbocycles. The van der Waals surface area contributed by atoms with E-state index in [9.17, 15) is 9.59 Å². The summed E-state index contributed by atoms with van der Waals surface area (Å²) in [5.41, 5.74) is -0.532. The van der Waals surface area contributed by atoms with Gasteiger partial charge in [0.05, 0.1) is 0 Å². The summed E-state index contributed by atoms with van der Waals surface area (Å²) in [7, 11) is 0. The Morgan fingerprint density at radius 2 is 1.81 bits per heavy atom. The average Bonchev–Trinajstić information content (AvgIpc) is 3.22. The lowest BCUT2D eigenvalue weighted by Crippen LogP contribution is -2.45. The number of hydrogen-bond donors (Lipinski definition) is 2. The third-order valence-electron chi connectivity index (χ3n) is 5.55. The van der Waals surface area contributed by atoms with E-state index in [1.807, 2.05) is 0 Å². The van der Waals surface area contributed by atoms with Gasteiger partial charge in [-0.05, 0) is 25.7 Å². The van der Waals surface area contributed by atoms with Crippen molar-refractivity contribution < 1.29 is 14.1 Å². The molecule has 144 valence electrons. The van der Waals surface area contributed by atoms with Crippen LogP contribution in [-0.2, 0) is 21.5 Å². The van der Waals surface area contributed by atoms with E-state index < -0.39 is 5.54 Å². The number of rotatable bonds is 6. The molecule has 1 heterocycles. The molecule has 7 heteroatoms. The van der Waals surface area contributed by atoms with Crippen LogP contribution >= 0.6 is 0 Å². The summed E-state index contributed by atoms with van der Waals surface area (Å²) in [5.74, 6) is 0.994. The number of amides is 2. The Bertz CT molecular complexity index is 614. The quantitative estimate of drug-likeness (QED) is 0.759. The highest BCUT2D eigenvalue weighted by atomic mass is 16.5. The number of carbonyl (C=O) groups excluding carboxylic acids is 2. The van der Waals surface area contributed by atoms with Crippen LogP contribution in [0.5, 0.6) is 0 Å². The molecule has 3 rings (SSSR count). The predicted octanol–water partition coefficient (Wildman–Crippen LogP) is 2.75. The van der Waals surface area contributed by atoms with E-state index in [4.69, 9.17) is 4.52 Å². The fraction of sp³-hybridized carbons (Fsp3) is 0.789. The van der Waals surface area contributed by atoms with E-state index in [-0.39, 0.29) is 11.8 Å². The number of nitrogens with zero attached hydrogens (tertiary/aromatic N) is 2. The summed E-state index contributed by atoms with van der Waals surface area (Å²) in [5, 5.41) is 10.3. The van der Waals surface area contributed by atoms with Gasteiger partial charge in [-0.25, -0.2) is 0 Å². The summed E-state index contributed by atoms with van der Waals surface area (Å²) < 4.78 is 5.39. The molecule has 0 aliphatic heterocycles. The normalized spacial score (nSPS) is 20.5. The monoisotopic (exact) mass is 362 g/mol. The van der Waals surface area contributed by atoms with Crippen LogP contribution in [0.1, 0.15) is 89.3 Å². The van der Waals surface area contributed by atoms with Crippen LogP contribution in [0.2, 0.25) is 0 Å². The first-order valence-corrected chi connectivity index (χ1v) is 9.99. The van der Waals surface area contributed by atoms with Crippen molar-refractivity contribution >= 4 is 11.8 Å². The van der Waals surface area contributed by atoms with Crippen molar-refractivity contribution in [2.45, 2.75) is 95.6 Å². The molecule has 1 aromatic heterocycles. The maximum Gasteiger partial charge on any atom is 0.227 e. The second-order valence-electron chi connectivity index (χ2n) is 7.74. The molecule has 2 aliphatic rings. The van der Waals surface area contributed by atoms with Gasteiger partial charge in [-0.15, -0.1) is 0 Å². The summed E-state index contributed by atoms with van der Waals surface area (Å²) in [6.45, 7) is 1.53. The fourth-order valence-corrected chi connectivity index (χ4v) is 4.21. The van der Waals surface area contributed by atoms with Gasteiger partial charge in [0.25, 0.3) is 0 Å². The fourth-order valence-electron chi connectivity index (χ4n) is 4.21. The van der Waals surface area contributed by atoms with Gasteiger partial charge in [-0.2, -0.15) is 4.98 Å². The predicted molar refractivity (Wildman–Crippen MR) is 96.2 cm³/mol. The molecule has 0 saturated heterocycles. The number of hydrogen-bond acceptors (Lipinski definition) is 5. The molecule has 0 unspecified atom stereocenters. The highest BCUT2D eigenvalue weighted by Gasteiger charge is 2.38. The van der Waals surface area contributed by atoms with E-state index in [1.54, 1.807) is 0 Å². The van der Waals surface area contributed by atoms with Crippen LogP contribution < -0.4 is 10.6 Å². The summed E-state index contributed by atoms with van der Waals surface area (Å²) in [6, 6.07) is 0.328. The van der Waals surface area contributed by atoms with Gasteiger partial charge >= 0.3 is 0 Å². The van der Waals surface area contributed by atoms with Crippen LogP contribution in [0.3, 0.4) is 0 Å². The van der Waals surface area contributed by atoms with Crippen molar-refractivity contribution in [1.29, 1.82) is 0 Å². The summed E-state index contributed by atoms with van der Waals surface area (Å²) in [6.07, 6.45) is 11.4. The molecule has 2 aliphatic carbocycles. The third kappa shape index (κ3) is 4.83. The Morgan fingerprint density at radius 1 is 1.12 bits per heavy atom. The average molecular weight is 362 g/mol. The smallest absolute Gasteiger partial charge is 0.227 e. The number of aryl methyl sites for hydroxylation is 1. The second kappa shape index (κ2) is 8.64. The van der Waals surface area contributed by atoms with Gasteiger partial charge in [-0.1, -0.05) is 43.7 Å². The van der Waals surface area contributed by atoms with Crippen molar-refractivity contribution in [3.63, 3.8) is 0 Å². The number of nitrogens with one attached hydrogen (secondary N) is 2. The van der Waals surface area contributed by atoms with Crippen molar-refractivity contribution in [1.82, 2.24) is 20.8 Å². The molecule has 7 nitrogen and oxygen atoms in total. The molecular weight excluding hydrogens is 332 g/mol. The standard InChI is InChI=1S/C19H30N4O3/c1-14(24)22-19(12-6-2-3-7-13-19)18-21-17(26-23-18)11-10-16(25)20-15-8-4-5-9-15/h15H,2-13H2,1H3,(H,20,25)(H,22,24). The molecule has 2 amide bonds. The topological polar surface area (TPSA) is 97.1 Å². The second-order valence-corrected chi connectivity index (χ2v) is 7.74. The van der Waals surface area contributed by atoms with E-state index >= 15 is 0 Å². The zero-order valence-electron chi connectivity index (χ0n) is 15.7. The zero-order valence-corrected chi connectivity index (χ0v) is 15.7. The van der Waals surface area contributed by atoms with Gasteiger partial charge in [0.1, 0.15) is 5.54 Å². The van der Waals surface area contributed by atoms with Crippen LogP contribution in [0.25, 0.3) is 0 Å².